The molecule has 0 saturated carbocycles. The summed E-state index contributed by atoms with van der Waals surface area (Å²) in [7, 11) is -3.57. The van der Waals surface area contributed by atoms with E-state index in [0.29, 0.717) is 36.9 Å². The second-order valence-electron chi connectivity index (χ2n) is 6.63. The Labute approximate surface area is 158 Å². The lowest BCUT2D eigenvalue weighted by Gasteiger charge is -2.09. The van der Waals surface area contributed by atoms with Gasteiger partial charge in [0.1, 0.15) is 11.5 Å². The summed E-state index contributed by atoms with van der Waals surface area (Å²) in [6.07, 6.45) is 2.34. The molecule has 7 heteroatoms. The molecule has 2 heterocycles. The fraction of sp³-hybridized carbons (Fsp3) is 0.400. The molecular formula is C20H22O6S. The van der Waals surface area contributed by atoms with Crippen LogP contribution in [0, 0.1) is 0 Å². The van der Waals surface area contributed by atoms with E-state index in [4.69, 9.17) is 18.9 Å². The van der Waals surface area contributed by atoms with E-state index in [2.05, 4.69) is 0 Å². The second kappa shape index (κ2) is 7.88. The molecule has 2 atom stereocenters. The molecule has 4 rings (SSSR count). The third-order valence-electron chi connectivity index (χ3n) is 4.49. The van der Waals surface area contributed by atoms with Crippen molar-refractivity contribution in [3.8, 4) is 11.5 Å². The topological polar surface area (TPSA) is 77.7 Å². The molecule has 2 aliphatic rings. The van der Waals surface area contributed by atoms with Crippen molar-refractivity contribution in [2.45, 2.75) is 34.8 Å². The van der Waals surface area contributed by atoms with Gasteiger partial charge < -0.3 is 18.9 Å². The minimum atomic E-state index is -3.57. The number of hydrogen-bond acceptors (Lipinski definition) is 6. The molecule has 0 N–H and O–H groups in total. The molecule has 0 aromatic heterocycles. The van der Waals surface area contributed by atoms with Crippen LogP contribution >= 0.6 is 0 Å². The highest BCUT2D eigenvalue weighted by Crippen LogP contribution is 2.25. The van der Waals surface area contributed by atoms with Gasteiger partial charge in [-0.1, -0.05) is 0 Å². The first kappa shape index (κ1) is 18.3. The zero-order valence-electron chi connectivity index (χ0n) is 14.9. The van der Waals surface area contributed by atoms with Crippen LogP contribution in [-0.2, 0) is 19.3 Å². The van der Waals surface area contributed by atoms with Gasteiger partial charge in [-0.2, -0.15) is 0 Å². The largest absolute Gasteiger partial charge is 0.493 e. The summed E-state index contributed by atoms with van der Waals surface area (Å²) in [5.41, 5.74) is 0. The third-order valence-corrected chi connectivity index (χ3v) is 6.28. The van der Waals surface area contributed by atoms with Crippen LogP contribution in [-0.4, -0.2) is 47.1 Å². The first-order chi connectivity index (χ1) is 13.1. The van der Waals surface area contributed by atoms with Crippen LogP contribution in [0.4, 0.5) is 0 Å². The molecule has 2 unspecified atom stereocenters. The maximum Gasteiger partial charge on any atom is 0.206 e. The maximum atomic E-state index is 12.8. The molecule has 27 heavy (non-hydrogen) atoms. The molecule has 0 radical (unpaired) electrons. The van der Waals surface area contributed by atoms with E-state index >= 15 is 0 Å². The molecule has 2 aromatic rings. The summed E-state index contributed by atoms with van der Waals surface area (Å²) < 4.78 is 47.0. The molecule has 2 saturated heterocycles. The molecule has 0 spiro atoms. The molecule has 2 aromatic carbocycles. The van der Waals surface area contributed by atoms with Crippen LogP contribution in [0.3, 0.4) is 0 Å². The molecule has 0 bridgehead atoms. The van der Waals surface area contributed by atoms with Gasteiger partial charge in [-0.05, 0) is 48.5 Å². The maximum absolute atomic E-state index is 12.8. The molecule has 0 aliphatic carbocycles. The Bertz CT molecular complexity index is 785. The lowest BCUT2D eigenvalue weighted by molar-refractivity contribution is 0.282. The lowest BCUT2D eigenvalue weighted by Crippen LogP contribution is -2.04. The van der Waals surface area contributed by atoms with Crippen molar-refractivity contribution in [3.05, 3.63) is 48.5 Å². The predicted octanol–water partition coefficient (Wildman–Crippen LogP) is 2.85. The zero-order valence-corrected chi connectivity index (χ0v) is 15.7. The van der Waals surface area contributed by atoms with Gasteiger partial charge in [-0.3, -0.25) is 0 Å². The van der Waals surface area contributed by atoms with Crippen LogP contribution in [0.15, 0.2) is 58.3 Å². The number of rotatable bonds is 10. The van der Waals surface area contributed by atoms with Crippen molar-refractivity contribution in [1.29, 1.82) is 0 Å². The highest BCUT2D eigenvalue weighted by molar-refractivity contribution is 7.91. The van der Waals surface area contributed by atoms with Crippen molar-refractivity contribution >= 4 is 9.84 Å². The van der Waals surface area contributed by atoms with Crippen molar-refractivity contribution in [2.24, 2.45) is 0 Å². The number of benzene rings is 2. The number of sulfone groups is 1. The van der Waals surface area contributed by atoms with Gasteiger partial charge in [0.25, 0.3) is 0 Å². The predicted molar refractivity (Wildman–Crippen MR) is 98.0 cm³/mol. The van der Waals surface area contributed by atoms with Gasteiger partial charge in [-0.25, -0.2) is 8.42 Å². The molecular weight excluding hydrogens is 368 g/mol. The average Bonchev–Trinajstić information content (AvgIpc) is 3.58. The Balaban J connectivity index is 1.35. The fourth-order valence-electron chi connectivity index (χ4n) is 2.65. The molecule has 2 fully saturated rings. The van der Waals surface area contributed by atoms with E-state index in [0.717, 1.165) is 26.1 Å². The van der Waals surface area contributed by atoms with Crippen molar-refractivity contribution in [1.82, 2.24) is 0 Å². The van der Waals surface area contributed by atoms with E-state index in [1.165, 1.54) is 0 Å². The van der Waals surface area contributed by atoms with E-state index in [1.807, 2.05) is 0 Å². The lowest BCUT2D eigenvalue weighted by atomic mass is 10.3. The summed E-state index contributed by atoms with van der Waals surface area (Å²) in [5.74, 6) is 1.30. The molecule has 2 aliphatic heterocycles. The average molecular weight is 390 g/mol. The third kappa shape index (κ3) is 5.00. The van der Waals surface area contributed by atoms with Gasteiger partial charge >= 0.3 is 0 Å². The van der Waals surface area contributed by atoms with E-state index < -0.39 is 9.84 Å². The standard InChI is InChI=1S/C20H22O6S/c21-27(22,19-5-1-15(2-6-19)23-11-9-17-13-25-17)20-7-3-16(4-8-20)24-12-10-18-14-26-18/h1-8,17-18H,9-14H2. The highest BCUT2D eigenvalue weighted by Gasteiger charge is 2.23. The zero-order chi connectivity index (χ0) is 18.7. The van der Waals surface area contributed by atoms with Crippen molar-refractivity contribution < 1.29 is 27.4 Å². The van der Waals surface area contributed by atoms with E-state index in [-0.39, 0.29) is 9.79 Å². The van der Waals surface area contributed by atoms with Gasteiger partial charge in [0, 0.05) is 12.8 Å². The summed E-state index contributed by atoms with van der Waals surface area (Å²) in [4.78, 5) is 0.472. The van der Waals surface area contributed by atoms with E-state index in [9.17, 15) is 8.42 Å². The number of epoxide rings is 2. The summed E-state index contributed by atoms with van der Waals surface area (Å²) in [6, 6.07) is 13.0. The molecule has 0 amide bonds. The second-order valence-corrected chi connectivity index (χ2v) is 8.58. The van der Waals surface area contributed by atoms with Gasteiger partial charge in [0.05, 0.1) is 48.4 Å². The number of ether oxygens (including phenoxy) is 4. The molecule has 144 valence electrons. The minimum Gasteiger partial charge on any atom is -0.493 e. The summed E-state index contributed by atoms with van der Waals surface area (Å²) in [6.45, 7) is 2.73. The van der Waals surface area contributed by atoms with E-state index in [1.54, 1.807) is 48.5 Å². The number of hydrogen-bond donors (Lipinski definition) is 0. The highest BCUT2D eigenvalue weighted by atomic mass is 32.2. The molecule has 6 nitrogen and oxygen atoms in total. The first-order valence-electron chi connectivity index (χ1n) is 9.05. The summed E-state index contributed by atoms with van der Waals surface area (Å²) in [5, 5.41) is 0. The Morgan fingerprint density at radius 3 is 1.44 bits per heavy atom. The Hall–Kier alpha value is -2.09. The van der Waals surface area contributed by atoms with Crippen molar-refractivity contribution in [2.75, 3.05) is 26.4 Å². The first-order valence-corrected chi connectivity index (χ1v) is 10.5. The van der Waals surface area contributed by atoms with Crippen LogP contribution in [0.25, 0.3) is 0 Å². The SMILES string of the molecule is O=S(=O)(c1ccc(OCCC2CO2)cc1)c1ccc(OCCC2CO2)cc1. The smallest absolute Gasteiger partial charge is 0.206 e. The van der Waals surface area contributed by atoms with Gasteiger partial charge in [0.2, 0.25) is 9.84 Å². The Morgan fingerprint density at radius 2 is 1.11 bits per heavy atom. The van der Waals surface area contributed by atoms with Gasteiger partial charge in [-0.15, -0.1) is 0 Å². The minimum absolute atomic E-state index is 0.236. The fourth-order valence-corrected chi connectivity index (χ4v) is 3.91. The van der Waals surface area contributed by atoms with Crippen LogP contribution < -0.4 is 9.47 Å². The monoisotopic (exact) mass is 390 g/mol. The van der Waals surface area contributed by atoms with Crippen LogP contribution in [0.1, 0.15) is 12.8 Å². The Morgan fingerprint density at radius 1 is 0.741 bits per heavy atom. The van der Waals surface area contributed by atoms with Crippen LogP contribution in [0.5, 0.6) is 11.5 Å². The van der Waals surface area contributed by atoms with Crippen LogP contribution in [0.2, 0.25) is 0 Å². The summed E-state index contributed by atoms with van der Waals surface area (Å²) >= 11 is 0. The Kier molecular flexibility index (Phi) is 5.33. The quantitative estimate of drug-likeness (QED) is 0.581. The van der Waals surface area contributed by atoms with Crippen molar-refractivity contribution in [3.63, 3.8) is 0 Å². The normalized spacial score (nSPS) is 20.9. The van der Waals surface area contributed by atoms with Gasteiger partial charge in [0.15, 0.2) is 0 Å².